The molecule has 3 rings (SSSR count). The highest BCUT2D eigenvalue weighted by Gasteiger charge is 2.14. The Bertz CT molecular complexity index is 991. The average Bonchev–Trinajstić information content (AvgIpc) is 3.28. The second kappa shape index (κ2) is 8.05. The highest BCUT2D eigenvalue weighted by Crippen LogP contribution is 2.33. The molecule has 7 nitrogen and oxygen atoms in total. The SMILES string of the molecule is C/C=C\C(=O)Nc1cc(C)nn1-c1nc(-c2ccc(OC)c(OC)c2)cs1. The summed E-state index contributed by atoms with van der Waals surface area (Å²) in [5, 5.41) is 9.85. The molecular weight excluding hydrogens is 364 g/mol. The number of nitrogens with one attached hydrogen (secondary N) is 1. The van der Waals surface area contributed by atoms with Crippen molar-refractivity contribution in [3.05, 3.63) is 47.5 Å². The third-order valence-corrected chi connectivity index (χ3v) is 4.57. The molecule has 0 bridgehead atoms. The summed E-state index contributed by atoms with van der Waals surface area (Å²) < 4.78 is 12.3. The van der Waals surface area contributed by atoms with E-state index < -0.39 is 0 Å². The second-order valence-electron chi connectivity index (χ2n) is 5.66. The first-order valence-corrected chi connectivity index (χ1v) is 9.12. The smallest absolute Gasteiger partial charge is 0.249 e. The van der Waals surface area contributed by atoms with Gasteiger partial charge < -0.3 is 14.8 Å². The standard InChI is InChI=1S/C19H20N4O3S/c1-5-6-18(24)21-17-9-12(2)22-23(17)19-20-14(11-27-19)13-7-8-15(25-3)16(10-13)26-4/h5-11H,1-4H3,(H,21,24)/b6-5-. The van der Waals surface area contributed by atoms with Crippen molar-refractivity contribution in [1.29, 1.82) is 0 Å². The summed E-state index contributed by atoms with van der Waals surface area (Å²) in [5.41, 5.74) is 2.47. The van der Waals surface area contributed by atoms with Crippen molar-refractivity contribution in [1.82, 2.24) is 14.8 Å². The van der Waals surface area contributed by atoms with Gasteiger partial charge >= 0.3 is 0 Å². The Morgan fingerprint density at radius 3 is 2.70 bits per heavy atom. The number of nitrogens with zero attached hydrogens (tertiary/aromatic N) is 3. The Kier molecular flexibility index (Phi) is 5.56. The molecule has 2 aromatic heterocycles. The normalized spacial score (nSPS) is 11.0. The molecule has 8 heteroatoms. The maximum Gasteiger partial charge on any atom is 0.249 e. The summed E-state index contributed by atoms with van der Waals surface area (Å²) in [6.45, 7) is 3.66. The average molecular weight is 384 g/mol. The van der Waals surface area contributed by atoms with Crippen molar-refractivity contribution in [3.8, 4) is 27.9 Å². The van der Waals surface area contributed by atoms with Gasteiger partial charge in [0.2, 0.25) is 11.0 Å². The molecule has 0 saturated carbocycles. The predicted octanol–water partition coefficient (Wildman–Crippen LogP) is 3.84. The van der Waals surface area contributed by atoms with Crippen LogP contribution in [0.5, 0.6) is 11.5 Å². The Balaban J connectivity index is 1.94. The number of anilines is 1. The van der Waals surface area contributed by atoms with Crippen LogP contribution in [0.3, 0.4) is 0 Å². The van der Waals surface area contributed by atoms with Crippen LogP contribution in [0.4, 0.5) is 5.82 Å². The van der Waals surface area contributed by atoms with Gasteiger partial charge in [0.25, 0.3) is 0 Å². The van der Waals surface area contributed by atoms with Crippen LogP contribution >= 0.6 is 11.3 Å². The van der Waals surface area contributed by atoms with E-state index in [0.29, 0.717) is 22.4 Å². The first-order valence-electron chi connectivity index (χ1n) is 8.24. The number of carbonyl (C=O) groups excluding carboxylic acids is 1. The van der Waals surface area contributed by atoms with Gasteiger partial charge in [-0.25, -0.2) is 4.98 Å². The molecule has 0 aliphatic rings. The lowest BCUT2D eigenvalue weighted by Gasteiger charge is -2.08. The summed E-state index contributed by atoms with van der Waals surface area (Å²) >= 11 is 1.44. The number of thiazole rings is 1. The van der Waals surface area contributed by atoms with Gasteiger partial charge in [-0.3, -0.25) is 4.79 Å². The van der Waals surface area contributed by atoms with Crippen LogP contribution in [0, 0.1) is 6.92 Å². The summed E-state index contributed by atoms with van der Waals surface area (Å²) in [6.07, 6.45) is 3.14. The van der Waals surface area contributed by atoms with Crippen molar-refractivity contribution in [2.45, 2.75) is 13.8 Å². The number of hydrogen-bond acceptors (Lipinski definition) is 6. The third-order valence-electron chi connectivity index (χ3n) is 3.75. The molecule has 1 N–H and O–H groups in total. The van der Waals surface area contributed by atoms with Gasteiger partial charge in [0, 0.05) is 17.0 Å². The Morgan fingerprint density at radius 2 is 2.00 bits per heavy atom. The van der Waals surface area contributed by atoms with Crippen molar-refractivity contribution in [3.63, 3.8) is 0 Å². The molecule has 0 fully saturated rings. The van der Waals surface area contributed by atoms with Gasteiger partial charge in [0.1, 0.15) is 5.82 Å². The van der Waals surface area contributed by atoms with Crippen LogP contribution < -0.4 is 14.8 Å². The molecule has 1 aromatic carbocycles. The number of hydrogen-bond donors (Lipinski definition) is 1. The highest BCUT2D eigenvalue weighted by molar-refractivity contribution is 7.12. The number of aromatic nitrogens is 3. The van der Waals surface area contributed by atoms with Crippen LogP contribution in [-0.4, -0.2) is 34.9 Å². The largest absolute Gasteiger partial charge is 0.493 e. The first-order chi connectivity index (χ1) is 13.0. The second-order valence-corrected chi connectivity index (χ2v) is 6.49. The number of rotatable bonds is 6. The van der Waals surface area contributed by atoms with E-state index in [2.05, 4.69) is 15.4 Å². The molecule has 0 spiro atoms. The molecule has 0 radical (unpaired) electrons. The first kappa shape index (κ1) is 18.7. The van der Waals surface area contributed by atoms with Crippen molar-refractivity contribution >= 4 is 23.1 Å². The Labute approximate surface area is 161 Å². The Morgan fingerprint density at radius 1 is 1.22 bits per heavy atom. The zero-order valence-electron chi connectivity index (χ0n) is 15.5. The van der Waals surface area contributed by atoms with Crippen LogP contribution in [0.25, 0.3) is 16.4 Å². The molecule has 2 heterocycles. The fourth-order valence-electron chi connectivity index (χ4n) is 2.54. The maximum absolute atomic E-state index is 11.9. The van der Waals surface area contributed by atoms with E-state index in [-0.39, 0.29) is 5.91 Å². The molecule has 0 saturated heterocycles. The number of carbonyl (C=O) groups is 1. The van der Waals surface area contributed by atoms with Crippen LogP contribution in [0.1, 0.15) is 12.6 Å². The van der Waals surface area contributed by atoms with E-state index in [1.807, 2.05) is 30.5 Å². The molecule has 0 aliphatic heterocycles. The van der Waals surface area contributed by atoms with Gasteiger partial charge in [0.05, 0.1) is 25.6 Å². The van der Waals surface area contributed by atoms with Crippen molar-refractivity contribution in [2.75, 3.05) is 19.5 Å². The third kappa shape index (κ3) is 4.01. The minimum Gasteiger partial charge on any atom is -0.493 e. The molecule has 1 amide bonds. The summed E-state index contributed by atoms with van der Waals surface area (Å²) in [4.78, 5) is 16.5. The van der Waals surface area contributed by atoms with Crippen LogP contribution in [-0.2, 0) is 4.79 Å². The maximum atomic E-state index is 11.9. The molecule has 140 valence electrons. The van der Waals surface area contributed by atoms with E-state index in [1.54, 1.807) is 38.0 Å². The molecule has 0 atom stereocenters. The van der Waals surface area contributed by atoms with Gasteiger partial charge in [0.15, 0.2) is 11.5 Å². The van der Waals surface area contributed by atoms with Crippen LogP contribution in [0.15, 0.2) is 41.8 Å². The van der Waals surface area contributed by atoms with Gasteiger partial charge in [-0.1, -0.05) is 6.08 Å². The lowest BCUT2D eigenvalue weighted by molar-refractivity contribution is -0.111. The summed E-state index contributed by atoms with van der Waals surface area (Å²) in [6, 6.07) is 7.44. The Hall–Kier alpha value is -3.13. The van der Waals surface area contributed by atoms with E-state index in [1.165, 1.54) is 17.4 Å². The topological polar surface area (TPSA) is 78.3 Å². The number of allylic oxidation sites excluding steroid dienone is 1. The van der Waals surface area contributed by atoms with E-state index >= 15 is 0 Å². The number of amides is 1. The zero-order chi connectivity index (χ0) is 19.4. The number of ether oxygens (including phenoxy) is 2. The van der Waals surface area contributed by atoms with Crippen LogP contribution in [0.2, 0.25) is 0 Å². The summed E-state index contributed by atoms with van der Waals surface area (Å²) in [5.74, 6) is 1.66. The van der Waals surface area contributed by atoms with E-state index in [4.69, 9.17) is 9.47 Å². The molecule has 3 aromatic rings. The summed E-state index contributed by atoms with van der Waals surface area (Å²) in [7, 11) is 3.20. The van der Waals surface area contributed by atoms with Crippen molar-refractivity contribution < 1.29 is 14.3 Å². The number of aryl methyl sites for hydroxylation is 1. The monoisotopic (exact) mass is 384 g/mol. The predicted molar refractivity (Wildman–Crippen MR) is 106 cm³/mol. The van der Waals surface area contributed by atoms with Crippen molar-refractivity contribution in [2.24, 2.45) is 0 Å². The molecule has 0 aliphatic carbocycles. The van der Waals surface area contributed by atoms with Gasteiger partial charge in [-0.05, 0) is 38.1 Å². The van der Waals surface area contributed by atoms with Gasteiger partial charge in [-0.2, -0.15) is 9.78 Å². The lowest BCUT2D eigenvalue weighted by Crippen LogP contribution is -2.12. The minimum absolute atomic E-state index is 0.213. The molecular formula is C19H20N4O3S. The number of benzene rings is 1. The molecule has 0 unspecified atom stereocenters. The highest BCUT2D eigenvalue weighted by atomic mass is 32.1. The van der Waals surface area contributed by atoms with Gasteiger partial charge in [-0.15, -0.1) is 11.3 Å². The minimum atomic E-state index is -0.213. The number of methoxy groups -OCH3 is 2. The quantitative estimate of drug-likeness (QED) is 0.654. The fraction of sp³-hybridized carbons (Fsp3) is 0.211. The van der Waals surface area contributed by atoms with E-state index in [9.17, 15) is 4.79 Å². The fourth-order valence-corrected chi connectivity index (χ4v) is 3.34. The molecule has 27 heavy (non-hydrogen) atoms. The zero-order valence-corrected chi connectivity index (χ0v) is 16.3. The van der Waals surface area contributed by atoms with E-state index in [0.717, 1.165) is 17.0 Å². The lowest BCUT2D eigenvalue weighted by atomic mass is 10.1.